The van der Waals surface area contributed by atoms with E-state index in [1.165, 1.54) is 0 Å². The first kappa shape index (κ1) is 10.6. The van der Waals surface area contributed by atoms with Crippen LogP contribution < -0.4 is 0 Å². The summed E-state index contributed by atoms with van der Waals surface area (Å²) >= 11 is 0. The standard InChI is InChI=1S/C12H16O3/c1-9-7-11(8-13)15-12(14-9)10-5-3-2-4-6-10/h2-6,9,11-13H,7-8H2,1H3/t9-,11+,12?/m1/s1. The summed E-state index contributed by atoms with van der Waals surface area (Å²) in [6, 6.07) is 9.80. The molecule has 0 spiro atoms. The van der Waals surface area contributed by atoms with E-state index in [2.05, 4.69) is 0 Å². The first-order valence-corrected chi connectivity index (χ1v) is 5.26. The van der Waals surface area contributed by atoms with Gasteiger partial charge in [0, 0.05) is 12.0 Å². The molecule has 0 bridgehead atoms. The van der Waals surface area contributed by atoms with Gasteiger partial charge in [0.1, 0.15) is 0 Å². The topological polar surface area (TPSA) is 38.7 Å². The van der Waals surface area contributed by atoms with Gasteiger partial charge in [-0.25, -0.2) is 0 Å². The Bertz CT molecular complexity index is 299. The minimum atomic E-state index is -0.341. The molecule has 0 saturated carbocycles. The molecule has 0 aliphatic carbocycles. The van der Waals surface area contributed by atoms with Crippen LogP contribution in [0.3, 0.4) is 0 Å². The van der Waals surface area contributed by atoms with Gasteiger partial charge < -0.3 is 14.6 Å². The lowest BCUT2D eigenvalue weighted by Crippen LogP contribution is -2.34. The Kier molecular flexibility index (Phi) is 3.36. The number of aliphatic hydroxyl groups excluding tert-OH is 1. The molecule has 1 heterocycles. The Balaban J connectivity index is 2.09. The van der Waals surface area contributed by atoms with Crippen molar-refractivity contribution in [2.75, 3.05) is 6.61 Å². The van der Waals surface area contributed by atoms with Gasteiger partial charge in [0.15, 0.2) is 6.29 Å². The second-order valence-corrected chi connectivity index (χ2v) is 3.87. The van der Waals surface area contributed by atoms with Crippen molar-refractivity contribution >= 4 is 0 Å². The van der Waals surface area contributed by atoms with Gasteiger partial charge in [-0.3, -0.25) is 0 Å². The van der Waals surface area contributed by atoms with Crippen LogP contribution in [0.4, 0.5) is 0 Å². The van der Waals surface area contributed by atoms with Gasteiger partial charge in [0.25, 0.3) is 0 Å². The highest BCUT2D eigenvalue weighted by atomic mass is 16.7. The molecule has 2 rings (SSSR count). The summed E-state index contributed by atoms with van der Waals surface area (Å²) in [6.45, 7) is 2.05. The molecule has 0 aromatic heterocycles. The zero-order valence-electron chi connectivity index (χ0n) is 8.80. The molecule has 82 valence electrons. The number of benzene rings is 1. The molecule has 3 heteroatoms. The van der Waals surface area contributed by atoms with Crippen LogP contribution in [0, 0.1) is 0 Å². The Morgan fingerprint density at radius 2 is 2.00 bits per heavy atom. The molecular weight excluding hydrogens is 192 g/mol. The fraction of sp³-hybridized carbons (Fsp3) is 0.500. The number of hydrogen-bond acceptors (Lipinski definition) is 3. The third-order valence-corrected chi connectivity index (χ3v) is 2.54. The van der Waals surface area contributed by atoms with Crippen molar-refractivity contribution < 1.29 is 14.6 Å². The molecule has 3 nitrogen and oxygen atoms in total. The van der Waals surface area contributed by atoms with Crippen LogP contribution in [0.15, 0.2) is 30.3 Å². The van der Waals surface area contributed by atoms with Gasteiger partial charge in [-0.1, -0.05) is 30.3 Å². The third-order valence-electron chi connectivity index (χ3n) is 2.54. The summed E-state index contributed by atoms with van der Waals surface area (Å²) in [5.74, 6) is 0. The van der Waals surface area contributed by atoms with E-state index < -0.39 is 0 Å². The van der Waals surface area contributed by atoms with Crippen LogP contribution in [0.5, 0.6) is 0 Å². The van der Waals surface area contributed by atoms with Gasteiger partial charge in [-0.2, -0.15) is 0 Å². The van der Waals surface area contributed by atoms with Gasteiger partial charge in [0.05, 0.1) is 18.8 Å². The van der Waals surface area contributed by atoms with Crippen molar-refractivity contribution in [2.24, 2.45) is 0 Å². The molecule has 1 N–H and O–H groups in total. The monoisotopic (exact) mass is 208 g/mol. The zero-order valence-corrected chi connectivity index (χ0v) is 8.80. The Labute approximate surface area is 89.6 Å². The quantitative estimate of drug-likeness (QED) is 0.806. The SMILES string of the molecule is C[C@@H]1C[C@@H](CO)OC(c2ccccc2)O1. The highest BCUT2D eigenvalue weighted by molar-refractivity contribution is 5.16. The van der Waals surface area contributed by atoms with Crippen molar-refractivity contribution in [3.63, 3.8) is 0 Å². The molecule has 1 aliphatic rings. The fourth-order valence-electron chi connectivity index (χ4n) is 1.78. The molecule has 3 atom stereocenters. The molecule has 1 aromatic rings. The average Bonchev–Trinajstić information content (AvgIpc) is 2.29. The van der Waals surface area contributed by atoms with Gasteiger partial charge in [-0.15, -0.1) is 0 Å². The summed E-state index contributed by atoms with van der Waals surface area (Å²) in [5.41, 5.74) is 1.00. The lowest BCUT2D eigenvalue weighted by Gasteiger charge is -2.33. The Morgan fingerprint density at radius 3 is 2.67 bits per heavy atom. The zero-order chi connectivity index (χ0) is 10.7. The molecule has 1 unspecified atom stereocenters. The molecule has 1 fully saturated rings. The second-order valence-electron chi connectivity index (χ2n) is 3.87. The number of ether oxygens (including phenoxy) is 2. The van der Waals surface area contributed by atoms with Crippen molar-refractivity contribution in [3.8, 4) is 0 Å². The third kappa shape index (κ3) is 2.56. The number of hydrogen-bond donors (Lipinski definition) is 1. The summed E-state index contributed by atoms with van der Waals surface area (Å²) in [4.78, 5) is 0. The molecule has 0 amide bonds. The van der Waals surface area contributed by atoms with E-state index in [0.29, 0.717) is 0 Å². The van der Waals surface area contributed by atoms with E-state index in [1.807, 2.05) is 37.3 Å². The molecular formula is C12H16O3. The second kappa shape index (κ2) is 4.75. The van der Waals surface area contributed by atoms with E-state index in [1.54, 1.807) is 0 Å². The van der Waals surface area contributed by atoms with Gasteiger partial charge >= 0.3 is 0 Å². The highest BCUT2D eigenvalue weighted by Crippen LogP contribution is 2.29. The Morgan fingerprint density at radius 1 is 1.27 bits per heavy atom. The largest absolute Gasteiger partial charge is 0.394 e. The first-order valence-electron chi connectivity index (χ1n) is 5.26. The summed E-state index contributed by atoms with van der Waals surface area (Å²) in [7, 11) is 0. The summed E-state index contributed by atoms with van der Waals surface area (Å²) in [6.07, 6.45) is 0.423. The first-order chi connectivity index (χ1) is 7.29. The predicted octanol–water partition coefficient (Wildman–Crippen LogP) is 1.87. The van der Waals surface area contributed by atoms with Crippen LogP contribution in [0.25, 0.3) is 0 Å². The fourth-order valence-corrected chi connectivity index (χ4v) is 1.78. The van der Waals surface area contributed by atoms with Crippen molar-refractivity contribution in [1.29, 1.82) is 0 Å². The highest BCUT2D eigenvalue weighted by Gasteiger charge is 2.27. The number of rotatable bonds is 2. The number of aliphatic hydroxyl groups is 1. The van der Waals surface area contributed by atoms with E-state index in [9.17, 15) is 0 Å². The van der Waals surface area contributed by atoms with Gasteiger partial charge in [0.2, 0.25) is 0 Å². The van der Waals surface area contributed by atoms with E-state index in [4.69, 9.17) is 14.6 Å². The lowest BCUT2D eigenvalue weighted by atomic mass is 10.1. The molecule has 1 saturated heterocycles. The van der Waals surface area contributed by atoms with E-state index in [0.717, 1.165) is 12.0 Å². The van der Waals surface area contributed by atoms with E-state index >= 15 is 0 Å². The van der Waals surface area contributed by atoms with Crippen LogP contribution in [0.1, 0.15) is 25.2 Å². The van der Waals surface area contributed by atoms with Crippen molar-refractivity contribution in [2.45, 2.75) is 31.8 Å². The van der Waals surface area contributed by atoms with Crippen molar-refractivity contribution in [3.05, 3.63) is 35.9 Å². The lowest BCUT2D eigenvalue weighted by molar-refractivity contribution is -0.249. The molecule has 0 radical (unpaired) electrons. The minimum absolute atomic E-state index is 0.0526. The molecule has 1 aromatic carbocycles. The average molecular weight is 208 g/mol. The molecule has 1 aliphatic heterocycles. The van der Waals surface area contributed by atoms with Crippen LogP contribution in [0.2, 0.25) is 0 Å². The molecule has 15 heavy (non-hydrogen) atoms. The van der Waals surface area contributed by atoms with E-state index in [-0.39, 0.29) is 25.1 Å². The maximum absolute atomic E-state index is 9.09. The Hall–Kier alpha value is -0.900. The maximum atomic E-state index is 9.09. The van der Waals surface area contributed by atoms with Crippen LogP contribution >= 0.6 is 0 Å². The maximum Gasteiger partial charge on any atom is 0.184 e. The van der Waals surface area contributed by atoms with Crippen molar-refractivity contribution in [1.82, 2.24) is 0 Å². The predicted molar refractivity (Wildman–Crippen MR) is 56.3 cm³/mol. The van der Waals surface area contributed by atoms with Crippen LogP contribution in [-0.2, 0) is 9.47 Å². The van der Waals surface area contributed by atoms with Crippen LogP contribution in [-0.4, -0.2) is 23.9 Å². The summed E-state index contributed by atoms with van der Waals surface area (Å²) in [5, 5.41) is 9.09. The summed E-state index contributed by atoms with van der Waals surface area (Å²) < 4.78 is 11.3. The normalized spacial score (nSPS) is 31.5. The smallest absolute Gasteiger partial charge is 0.184 e. The minimum Gasteiger partial charge on any atom is -0.394 e. The van der Waals surface area contributed by atoms with Gasteiger partial charge in [-0.05, 0) is 6.92 Å².